The van der Waals surface area contributed by atoms with Crippen LogP contribution in [-0.4, -0.2) is 23.6 Å². The number of aromatic nitrogens is 2. The first-order valence-corrected chi connectivity index (χ1v) is 13.6. The second-order valence-electron chi connectivity index (χ2n) is 9.05. The van der Waals surface area contributed by atoms with Crippen LogP contribution in [0.4, 0.5) is 0 Å². The Kier molecular flexibility index (Phi) is 3.98. The van der Waals surface area contributed by atoms with Crippen LogP contribution in [0.2, 0.25) is 0 Å². The summed E-state index contributed by atoms with van der Waals surface area (Å²) in [7, 11) is 0. The monoisotopic (exact) mass is 512 g/mol. The van der Waals surface area contributed by atoms with E-state index in [1.165, 1.54) is 63.4 Å². The molecule has 0 unspecified atom stereocenters. The normalized spacial score (nSPS) is 12.0. The first-order chi connectivity index (χ1) is 17.4. The Morgan fingerprint density at radius 2 is 1.29 bits per heavy atom. The topological polar surface area (TPSA) is 9.86 Å². The fourth-order valence-electron chi connectivity index (χ4n) is 5.58. The van der Waals surface area contributed by atoms with E-state index in [2.05, 4.69) is 131 Å². The molecule has 0 aliphatic heterocycles. The molecule has 164 valence electrons. The maximum atomic E-state index is 2.40. The molecule has 0 amide bonds. The molecule has 8 aromatic rings. The predicted molar refractivity (Wildman–Crippen MR) is 150 cm³/mol. The van der Waals surface area contributed by atoms with Crippen molar-refractivity contribution in [1.29, 1.82) is 0 Å². The molecule has 0 spiro atoms. The summed E-state index contributed by atoms with van der Waals surface area (Å²) in [4.78, 5) is 0. The molecule has 35 heavy (non-hydrogen) atoms. The van der Waals surface area contributed by atoms with E-state index in [0.29, 0.717) is 14.5 Å². The van der Waals surface area contributed by atoms with E-state index in [9.17, 15) is 0 Å². The van der Waals surface area contributed by atoms with Gasteiger partial charge >= 0.3 is 208 Å². The third kappa shape index (κ3) is 2.71. The zero-order chi connectivity index (χ0) is 22.9. The van der Waals surface area contributed by atoms with E-state index in [1.54, 1.807) is 0 Å². The molecule has 3 heteroatoms. The van der Waals surface area contributed by atoms with Crippen molar-refractivity contribution in [3.63, 3.8) is 0 Å². The van der Waals surface area contributed by atoms with Crippen molar-refractivity contribution < 1.29 is 0 Å². The average molecular weight is 511 g/mol. The number of benzene rings is 5. The van der Waals surface area contributed by atoms with Crippen LogP contribution in [0, 0.1) is 0 Å². The molecule has 0 atom stereocenters. The molecule has 0 radical (unpaired) electrons. The molecule has 5 aromatic carbocycles. The van der Waals surface area contributed by atoms with Gasteiger partial charge in [-0.25, -0.2) is 0 Å². The fraction of sp³-hybridized carbons (Fsp3) is 0. The SMILES string of the molecule is c1ccc(-n2c3ccccc3c3cc4c(ccn4-c4cccc5c4[se]c4ccccc45)cc32)cc1. The summed E-state index contributed by atoms with van der Waals surface area (Å²) in [6.07, 6.45) is 2.24. The minimum atomic E-state index is 0.312. The second-order valence-corrected chi connectivity index (χ2v) is 11.3. The Hall–Kier alpha value is -4.04. The van der Waals surface area contributed by atoms with Crippen LogP contribution in [-0.2, 0) is 0 Å². The van der Waals surface area contributed by atoms with Gasteiger partial charge in [-0.05, 0) is 0 Å². The van der Waals surface area contributed by atoms with E-state index in [1.807, 2.05) is 0 Å². The number of rotatable bonds is 2. The summed E-state index contributed by atoms with van der Waals surface area (Å²) < 4.78 is 7.75. The Bertz CT molecular complexity index is 2050. The van der Waals surface area contributed by atoms with Gasteiger partial charge in [0.15, 0.2) is 0 Å². The van der Waals surface area contributed by atoms with Crippen molar-refractivity contribution in [3.8, 4) is 11.4 Å². The Morgan fingerprint density at radius 1 is 0.514 bits per heavy atom. The van der Waals surface area contributed by atoms with Gasteiger partial charge in [0.1, 0.15) is 0 Å². The number of hydrogen-bond acceptors (Lipinski definition) is 0. The summed E-state index contributed by atoms with van der Waals surface area (Å²) >= 11 is 0.312. The van der Waals surface area contributed by atoms with Crippen LogP contribution in [0.5, 0.6) is 0 Å². The van der Waals surface area contributed by atoms with Crippen LogP contribution >= 0.6 is 0 Å². The van der Waals surface area contributed by atoms with E-state index in [0.717, 1.165) is 0 Å². The van der Waals surface area contributed by atoms with Crippen molar-refractivity contribution in [2.75, 3.05) is 0 Å². The van der Waals surface area contributed by atoms with E-state index >= 15 is 0 Å². The fourth-order valence-corrected chi connectivity index (χ4v) is 8.13. The van der Waals surface area contributed by atoms with Gasteiger partial charge in [0.05, 0.1) is 0 Å². The molecule has 0 aliphatic rings. The Morgan fingerprint density at radius 3 is 2.20 bits per heavy atom. The van der Waals surface area contributed by atoms with Crippen LogP contribution < -0.4 is 0 Å². The quantitative estimate of drug-likeness (QED) is 0.208. The van der Waals surface area contributed by atoms with Gasteiger partial charge in [-0.2, -0.15) is 0 Å². The summed E-state index contributed by atoms with van der Waals surface area (Å²) in [6, 6.07) is 42.1. The van der Waals surface area contributed by atoms with Crippen molar-refractivity contribution in [1.82, 2.24) is 9.13 Å². The molecule has 3 heterocycles. The molecular formula is C32H20N2Se. The zero-order valence-corrected chi connectivity index (χ0v) is 20.6. The van der Waals surface area contributed by atoms with E-state index < -0.39 is 0 Å². The number of nitrogens with zero attached hydrogens (tertiary/aromatic N) is 2. The third-order valence-corrected chi connectivity index (χ3v) is 9.68. The maximum absolute atomic E-state index is 2.40. The van der Waals surface area contributed by atoms with Gasteiger partial charge in [-0.3, -0.25) is 0 Å². The molecule has 0 N–H and O–H groups in total. The summed E-state index contributed by atoms with van der Waals surface area (Å²) in [6.45, 7) is 0. The van der Waals surface area contributed by atoms with Crippen molar-refractivity contribution in [2.24, 2.45) is 0 Å². The average Bonchev–Trinajstić information content (AvgIpc) is 3.59. The second kappa shape index (κ2) is 7.23. The van der Waals surface area contributed by atoms with Crippen molar-refractivity contribution in [2.45, 2.75) is 0 Å². The van der Waals surface area contributed by atoms with Gasteiger partial charge in [0.2, 0.25) is 0 Å². The summed E-state index contributed by atoms with van der Waals surface area (Å²) in [5, 5.41) is 6.63. The van der Waals surface area contributed by atoms with Crippen molar-refractivity contribution >= 4 is 66.5 Å². The zero-order valence-electron chi connectivity index (χ0n) is 18.8. The summed E-state index contributed by atoms with van der Waals surface area (Å²) in [5.41, 5.74) is 6.25. The first kappa shape index (κ1) is 19.3. The molecule has 0 bridgehead atoms. The van der Waals surface area contributed by atoms with Gasteiger partial charge in [0, 0.05) is 0 Å². The van der Waals surface area contributed by atoms with Gasteiger partial charge in [0.25, 0.3) is 0 Å². The van der Waals surface area contributed by atoms with Crippen LogP contribution in [0.3, 0.4) is 0 Å². The minimum absolute atomic E-state index is 0.312. The molecular weight excluding hydrogens is 491 g/mol. The Labute approximate surface area is 208 Å². The van der Waals surface area contributed by atoms with Crippen LogP contribution in [0.15, 0.2) is 121 Å². The summed E-state index contributed by atoms with van der Waals surface area (Å²) in [5.74, 6) is 0. The number of hydrogen-bond donors (Lipinski definition) is 0. The third-order valence-electron chi connectivity index (χ3n) is 7.14. The number of fused-ring (bicyclic) bond motifs is 7. The molecule has 3 aromatic heterocycles. The number of para-hydroxylation sites is 2. The molecule has 8 rings (SSSR count). The van der Waals surface area contributed by atoms with Gasteiger partial charge in [-0.15, -0.1) is 0 Å². The van der Waals surface area contributed by atoms with E-state index in [-0.39, 0.29) is 0 Å². The first-order valence-electron chi connectivity index (χ1n) is 11.9. The predicted octanol–water partition coefficient (Wildman–Crippen LogP) is 8.09. The molecule has 0 aliphatic carbocycles. The standard InChI is InChI=1S/C32H20N2Se/c1-2-9-22(10-3-1)34-27-14-6-4-11-23(27)26-20-29-21(19-30(26)34)17-18-33(29)28-15-8-13-25-24-12-5-7-16-31(24)35-32(25)28/h1-20H. The van der Waals surface area contributed by atoms with Gasteiger partial charge < -0.3 is 0 Å². The van der Waals surface area contributed by atoms with Crippen molar-refractivity contribution in [3.05, 3.63) is 121 Å². The van der Waals surface area contributed by atoms with Crippen LogP contribution in [0.25, 0.3) is 63.4 Å². The van der Waals surface area contributed by atoms with E-state index in [4.69, 9.17) is 0 Å². The molecule has 2 nitrogen and oxygen atoms in total. The molecule has 0 saturated carbocycles. The molecule has 0 fully saturated rings. The molecule has 0 saturated heterocycles. The van der Waals surface area contributed by atoms with Crippen LogP contribution in [0.1, 0.15) is 0 Å². The van der Waals surface area contributed by atoms with Gasteiger partial charge in [-0.1, -0.05) is 0 Å². The Balaban J connectivity index is 1.46.